The number of aromatic amines is 1. The van der Waals surface area contributed by atoms with Gasteiger partial charge in [-0.15, -0.1) is 0 Å². The van der Waals surface area contributed by atoms with Gasteiger partial charge in [-0.3, -0.25) is 4.98 Å². The fourth-order valence-electron chi connectivity index (χ4n) is 2.91. The minimum absolute atomic E-state index is 0.177. The quantitative estimate of drug-likeness (QED) is 0.571. The number of nitrogens with one attached hydrogen (secondary N) is 1. The third-order valence-corrected chi connectivity index (χ3v) is 4.45. The summed E-state index contributed by atoms with van der Waals surface area (Å²) in [7, 11) is 4.01. The van der Waals surface area contributed by atoms with Gasteiger partial charge in [0, 0.05) is 43.3 Å². The number of H-pyrrole nitrogens is 1. The molecular weight excluding hydrogens is 350 g/mol. The van der Waals surface area contributed by atoms with Crippen LogP contribution in [0.15, 0.2) is 48.8 Å². The Bertz CT molecular complexity index is 1090. The van der Waals surface area contributed by atoms with Crippen LogP contribution in [0.25, 0.3) is 33.5 Å². The number of pyridine rings is 2. The summed E-state index contributed by atoms with van der Waals surface area (Å²) in [5.74, 6) is 0. The lowest BCUT2D eigenvalue weighted by Crippen LogP contribution is -2.10. The average Bonchev–Trinajstić information content (AvgIpc) is 3.00. The number of imidazole rings is 1. The summed E-state index contributed by atoms with van der Waals surface area (Å²) in [6, 6.07) is 11.5. The SMILES string of the molecule is CN(C)c1ccncc1-c1ccc(-c2nc3nc(O)[nH]c3cc2Cl)cc1. The topological polar surface area (TPSA) is 77.9 Å². The number of halogens is 1. The normalized spacial score (nSPS) is 11.0. The van der Waals surface area contributed by atoms with E-state index >= 15 is 0 Å². The van der Waals surface area contributed by atoms with Crippen molar-refractivity contribution in [3.05, 3.63) is 53.8 Å². The van der Waals surface area contributed by atoms with Crippen LogP contribution < -0.4 is 4.90 Å². The molecule has 0 saturated carbocycles. The summed E-state index contributed by atoms with van der Waals surface area (Å²) in [6.45, 7) is 0. The Kier molecular flexibility index (Phi) is 3.97. The van der Waals surface area contributed by atoms with Gasteiger partial charge in [-0.05, 0) is 17.7 Å². The van der Waals surface area contributed by atoms with E-state index in [0.29, 0.717) is 21.9 Å². The number of anilines is 1. The lowest BCUT2D eigenvalue weighted by Gasteiger charge is -2.17. The van der Waals surface area contributed by atoms with Crippen LogP contribution in [0, 0.1) is 0 Å². The van der Waals surface area contributed by atoms with E-state index < -0.39 is 0 Å². The predicted molar refractivity (Wildman–Crippen MR) is 104 cm³/mol. The summed E-state index contributed by atoms with van der Waals surface area (Å²) in [4.78, 5) is 17.4. The molecule has 0 saturated heterocycles. The second-order valence-electron chi connectivity index (χ2n) is 6.11. The Morgan fingerprint density at radius 2 is 1.77 bits per heavy atom. The third kappa shape index (κ3) is 2.84. The minimum atomic E-state index is -0.177. The largest absolute Gasteiger partial charge is 0.480 e. The average molecular weight is 366 g/mol. The number of aromatic hydroxyl groups is 1. The maximum absolute atomic E-state index is 9.48. The van der Waals surface area contributed by atoms with Crippen LogP contribution in [0.3, 0.4) is 0 Å². The van der Waals surface area contributed by atoms with Crippen molar-refractivity contribution in [1.29, 1.82) is 0 Å². The fourth-order valence-corrected chi connectivity index (χ4v) is 3.18. The molecule has 0 aliphatic heterocycles. The van der Waals surface area contributed by atoms with Crippen LogP contribution in [0.4, 0.5) is 5.69 Å². The Balaban J connectivity index is 1.76. The van der Waals surface area contributed by atoms with E-state index in [9.17, 15) is 5.11 Å². The van der Waals surface area contributed by atoms with Gasteiger partial charge in [-0.1, -0.05) is 35.9 Å². The first-order chi connectivity index (χ1) is 12.5. The van der Waals surface area contributed by atoms with Crippen LogP contribution in [0.2, 0.25) is 5.02 Å². The molecular formula is C19H16ClN5O. The highest BCUT2D eigenvalue weighted by molar-refractivity contribution is 6.33. The van der Waals surface area contributed by atoms with Gasteiger partial charge in [0.25, 0.3) is 6.01 Å². The van der Waals surface area contributed by atoms with Crippen molar-refractivity contribution in [2.75, 3.05) is 19.0 Å². The van der Waals surface area contributed by atoms with Gasteiger partial charge in [0.2, 0.25) is 0 Å². The zero-order chi connectivity index (χ0) is 18.3. The summed E-state index contributed by atoms with van der Waals surface area (Å²) < 4.78 is 0. The van der Waals surface area contributed by atoms with E-state index in [2.05, 4.69) is 24.8 Å². The number of fused-ring (bicyclic) bond motifs is 1. The van der Waals surface area contributed by atoms with Gasteiger partial charge in [-0.2, -0.15) is 4.98 Å². The fraction of sp³-hybridized carbons (Fsp3) is 0.105. The van der Waals surface area contributed by atoms with Crippen molar-refractivity contribution >= 4 is 28.5 Å². The molecule has 0 aliphatic rings. The predicted octanol–water partition coefficient (Wildman–Crippen LogP) is 4.11. The van der Waals surface area contributed by atoms with Crippen LogP contribution in [-0.4, -0.2) is 39.1 Å². The first kappa shape index (κ1) is 16.4. The van der Waals surface area contributed by atoms with Gasteiger partial charge in [-0.25, -0.2) is 4.98 Å². The zero-order valence-electron chi connectivity index (χ0n) is 14.2. The van der Waals surface area contributed by atoms with Crippen molar-refractivity contribution in [3.8, 4) is 28.4 Å². The molecule has 0 spiro atoms. The second-order valence-corrected chi connectivity index (χ2v) is 6.52. The second kappa shape index (κ2) is 6.31. The Hall–Kier alpha value is -3.12. The monoisotopic (exact) mass is 365 g/mol. The van der Waals surface area contributed by atoms with Crippen LogP contribution in [0.1, 0.15) is 0 Å². The highest BCUT2D eigenvalue weighted by Crippen LogP contribution is 2.33. The molecule has 1 aromatic carbocycles. The lowest BCUT2D eigenvalue weighted by atomic mass is 10.0. The molecule has 4 rings (SSSR count). The molecule has 6 nitrogen and oxygen atoms in total. The van der Waals surface area contributed by atoms with Gasteiger partial charge >= 0.3 is 0 Å². The molecule has 7 heteroatoms. The van der Waals surface area contributed by atoms with Crippen molar-refractivity contribution in [3.63, 3.8) is 0 Å². The standard InChI is InChI=1S/C19H16ClN5O/c1-25(2)16-7-8-21-10-13(16)11-3-5-12(6-4-11)17-14(20)9-15-18(23-17)24-19(26)22-15/h3-10H,1-2H3,(H2,22,23,24,26). The van der Waals surface area contributed by atoms with Crippen molar-refractivity contribution < 1.29 is 5.11 Å². The number of aromatic nitrogens is 4. The zero-order valence-corrected chi connectivity index (χ0v) is 15.0. The van der Waals surface area contributed by atoms with Crippen LogP contribution >= 0.6 is 11.6 Å². The Labute approximate surface area is 155 Å². The number of hydrogen-bond acceptors (Lipinski definition) is 5. The van der Waals surface area contributed by atoms with Gasteiger partial charge < -0.3 is 15.0 Å². The number of rotatable bonds is 3. The first-order valence-electron chi connectivity index (χ1n) is 8.00. The third-order valence-electron chi connectivity index (χ3n) is 4.16. The molecule has 3 aromatic heterocycles. The van der Waals surface area contributed by atoms with Gasteiger partial charge in [0.15, 0.2) is 5.65 Å². The van der Waals surface area contributed by atoms with E-state index in [0.717, 1.165) is 22.4 Å². The summed E-state index contributed by atoms with van der Waals surface area (Å²) in [5.41, 5.74) is 5.72. The van der Waals surface area contributed by atoms with E-state index in [4.69, 9.17) is 11.6 Å². The Morgan fingerprint density at radius 1 is 1.04 bits per heavy atom. The molecule has 130 valence electrons. The van der Waals surface area contributed by atoms with E-state index in [1.54, 1.807) is 12.3 Å². The van der Waals surface area contributed by atoms with Gasteiger partial charge in [0.05, 0.1) is 16.2 Å². The van der Waals surface area contributed by atoms with Crippen molar-refractivity contribution in [1.82, 2.24) is 19.9 Å². The summed E-state index contributed by atoms with van der Waals surface area (Å²) in [6.07, 6.45) is 3.64. The number of benzene rings is 1. The summed E-state index contributed by atoms with van der Waals surface area (Å²) in [5, 5.41) is 9.97. The number of nitrogens with zero attached hydrogens (tertiary/aromatic N) is 4. The van der Waals surface area contributed by atoms with Gasteiger partial charge in [0.1, 0.15) is 0 Å². The highest BCUT2D eigenvalue weighted by atomic mass is 35.5. The van der Waals surface area contributed by atoms with E-state index in [1.165, 1.54) is 0 Å². The molecule has 0 amide bonds. The Morgan fingerprint density at radius 3 is 2.50 bits per heavy atom. The first-order valence-corrected chi connectivity index (χ1v) is 8.38. The van der Waals surface area contributed by atoms with E-state index in [1.807, 2.05) is 50.6 Å². The molecule has 3 heterocycles. The van der Waals surface area contributed by atoms with Crippen LogP contribution in [-0.2, 0) is 0 Å². The minimum Gasteiger partial charge on any atom is -0.480 e. The molecule has 4 aromatic rings. The molecule has 26 heavy (non-hydrogen) atoms. The van der Waals surface area contributed by atoms with E-state index in [-0.39, 0.29) is 6.01 Å². The lowest BCUT2D eigenvalue weighted by molar-refractivity contribution is 0.438. The maximum atomic E-state index is 9.48. The molecule has 0 aliphatic carbocycles. The molecule has 2 N–H and O–H groups in total. The van der Waals surface area contributed by atoms with Crippen LogP contribution in [0.5, 0.6) is 6.01 Å². The maximum Gasteiger partial charge on any atom is 0.293 e. The van der Waals surface area contributed by atoms with Crippen molar-refractivity contribution in [2.45, 2.75) is 0 Å². The van der Waals surface area contributed by atoms with Crippen molar-refractivity contribution in [2.24, 2.45) is 0 Å². The number of hydrogen-bond donors (Lipinski definition) is 2. The summed E-state index contributed by atoms with van der Waals surface area (Å²) >= 11 is 6.36. The molecule has 0 bridgehead atoms. The highest BCUT2D eigenvalue weighted by Gasteiger charge is 2.12. The molecule has 0 unspecified atom stereocenters. The molecule has 0 fully saturated rings. The smallest absolute Gasteiger partial charge is 0.293 e. The molecule has 0 atom stereocenters. The molecule has 0 radical (unpaired) electrons.